The predicted molar refractivity (Wildman–Crippen MR) is 122 cm³/mol. The monoisotopic (exact) mass is 380 g/mol. The van der Waals surface area contributed by atoms with E-state index in [-0.39, 0.29) is 5.60 Å². The normalized spacial score (nSPS) is 11.5. The number of unbranched alkanes of at least 4 members (excludes halogenated alkanes) is 8. The highest BCUT2D eigenvalue weighted by atomic mass is 16.5. The Morgan fingerprint density at radius 1 is 0.571 bits per heavy atom. The van der Waals surface area contributed by atoms with Crippen LogP contribution in [0.5, 0.6) is 5.75 Å². The zero-order chi connectivity index (χ0) is 19.9. The van der Waals surface area contributed by atoms with Crippen LogP contribution in [0.25, 0.3) is 0 Å². The van der Waals surface area contributed by atoms with Gasteiger partial charge in [0.1, 0.15) is 11.4 Å². The Balaban J connectivity index is 2.17. The van der Waals surface area contributed by atoms with E-state index in [9.17, 15) is 0 Å². The smallest absolute Gasteiger partial charge is 0.134 e. The highest BCUT2D eigenvalue weighted by Gasteiger charge is 2.33. The SMILES string of the molecule is CCCCCCCC(CCCCCCC)(Oc1ccccc1)c1ccccc1. The third-order valence-electron chi connectivity index (χ3n) is 5.72. The highest BCUT2D eigenvalue weighted by molar-refractivity contribution is 5.28. The summed E-state index contributed by atoms with van der Waals surface area (Å²) in [6.45, 7) is 4.56. The Kier molecular flexibility index (Phi) is 10.8. The van der Waals surface area contributed by atoms with E-state index in [2.05, 4.69) is 74.5 Å². The molecule has 0 unspecified atom stereocenters. The molecule has 0 fully saturated rings. The van der Waals surface area contributed by atoms with Gasteiger partial charge < -0.3 is 4.74 Å². The van der Waals surface area contributed by atoms with Gasteiger partial charge in [-0.15, -0.1) is 0 Å². The number of hydrogen-bond acceptors (Lipinski definition) is 1. The molecule has 2 aromatic carbocycles. The van der Waals surface area contributed by atoms with Gasteiger partial charge in [-0.05, 0) is 43.4 Å². The molecule has 0 bridgehead atoms. The van der Waals surface area contributed by atoms with E-state index < -0.39 is 0 Å². The maximum Gasteiger partial charge on any atom is 0.134 e. The molecule has 0 amide bonds. The van der Waals surface area contributed by atoms with Gasteiger partial charge in [0.25, 0.3) is 0 Å². The van der Waals surface area contributed by atoms with E-state index in [1.807, 2.05) is 0 Å². The Morgan fingerprint density at radius 2 is 1.04 bits per heavy atom. The topological polar surface area (TPSA) is 9.23 Å². The van der Waals surface area contributed by atoms with Crippen LogP contribution in [0.4, 0.5) is 0 Å². The summed E-state index contributed by atoms with van der Waals surface area (Å²) in [7, 11) is 0. The van der Waals surface area contributed by atoms with Crippen LogP contribution in [0.3, 0.4) is 0 Å². The minimum absolute atomic E-state index is 0.207. The van der Waals surface area contributed by atoms with E-state index >= 15 is 0 Å². The first-order valence-electron chi connectivity index (χ1n) is 11.6. The van der Waals surface area contributed by atoms with Crippen molar-refractivity contribution >= 4 is 0 Å². The van der Waals surface area contributed by atoms with Gasteiger partial charge in [-0.25, -0.2) is 0 Å². The van der Waals surface area contributed by atoms with Crippen molar-refractivity contribution in [2.24, 2.45) is 0 Å². The summed E-state index contributed by atoms with van der Waals surface area (Å²) in [5.74, 6) is 0.994. The molecule has 0 aliphatic rings. The van der Waals surface area contributed by atoms with E-state index in [1.165, 1.54) is 69.8 Å². The summed E-state index contributed by atoms with van der Waals surface area (Å²) >= 11 is 0. The van der Waals surface area contributed by atoms with Crippen LogP contribution in [0.15, 0.2) is 60.7 Å². The van der Waals surface area contributed by atoms with Crippen molar-refractivity contribution in [2.45, 2.75) is 96.5 Å². The summed E-state index contributed by atoms with van der Waals surface area (Å²) in [5.41, 5.74) is 1.13. The van der Waals surface area contributed by atoms with Crippen LogP contribution in [0.2, 0.25) is 0 Å². The second-order valence-corrected chi connectivity index (χ2v) is 8.10. The van der Waals surface area contributed by atoms with E-state index in [0.29, 0.717) is 0 Å². The molecule has 28 heavy (non-hydrogen) atoms. The quantitative estimate of drug-likeness (QED) is 0.281. The molecule has 0 aromatic heterocycles. The summed E-state index contributed by atoms with van der Waals surface area (Å²) in [5, 5.41) is 0. The van der Waals surface area contributed by atoms with Crippen LogP contribution in [-0.2, 0) is 5.60 Å². The first-order valence-corrected chi connectivity index (χ1v) is 11.6. The molecule has 154 valence electrons. The van der Waals surface area contributed by atoms with Crippen LogP contribution in [0.1, 0.15) is 96.5 Å². The zero-order valence-corrected chi connectivity index (χ0v) is 18.2. The molecule has 0 heterocycles. The Morgan fingerprint density at radius 3 is 1.54 bits per heavy atom. The molecule has 0 aliphatic heterocycles. The lowest BCUT2D eigenvalue weighted by Gasteiger charge is -2.36. The van der Waals surface area contributed by atoms with Crippen molar-refractivity contribution in [2.75, 3.05) is 0 Å². The molecule has 2 rings (SSSR count). The molecule has 2 aromatic rings. The van der Waals surface area contributed by atoms with Gasteiger partial charge in [-0.2, -0.15) is 0 Å². The molecule has 0 aliphatic carbocycles. The van der Waals surface area contributed by atoms with E-state index in [4.69, 9.17) is 4.74 Å². The molecule has 0 atom stereocenters. The van der Waals surface area contributed by atoms with Gasteiger partial charge in [0, 0.05) is 0 Å². The summed E-state index contributed by atoms with van der Waals surface area (Å²) in [6, 6.07) is 21.4. The van der Waals surface area contributed by atoms with Crippen LogP contribution >= 0.6 is 0 Å². The first kappa shape index (κ1) is 22.5. The van der Waals surface area contributed by atoms with Gasteiger partial charge in [0.2, 0.25) is 0 Å². The van der Waals surface area contributed by atoms with Crippen molar-refractivity contribution in [3.8, 4) is 5.75 Å². The molecule has 0 saturated heterocycles. The molecule has 0 spiro atoms. The Hall–Kier alpha value is -1.76. The maximum atomic E-state index is 6.80. The molecule has 0 saturated carbocycles. The third-order valence-corrected chi connectivity index (χ3v) is 5.72. The van der Waals surface area contributed by atoms with Crippen molar-refractivity contribution in [3.63, 3.8) is 0 Å². The molecule has 0 radical (unpaired) electrons. The maximum absolute atomic E-state index is 6.80. The van der Waals surface area contributed by atoms with E-state index in [0.717, 1.165) is 18.6 Å². The minimum Gasteiger partial charge on any atom is -0.483 e. The van der Waals surface area contributed by atoms with Crippen molar-refractivity contribution in [1.82, 2.24) is 0 Å². The fraction of sp³-hybridized carbons (Fsp3) is 0.556. The first-order chi connectivity index (χ1) is 13.8. The van der Waals surface area contributed by atoms with Crippen molar-refractivity contribution < 1.29 is 4.74 Å². The molecule has 0 N–H and O–H groups in total. The summed E-state index contributed by atoms with van der Waals surface area (Å²) < 4.78 is 6.80. The number of benzene rings is 2. The number of para-hydroxylation sites is 1. The third kappa shape index (κ3) is 7.70. The second kappa shape index (κ2) is 13.4. The standard InChI is InChI=1S/C27H40O/c1-3-5-7-9-17-23-27(24-18-10-8-6-4-2,25-19-13-11-14-20-25)28-26-21-15-12-16-22-26/h11-16,19-22H,3-10,17-18,23-24H2,1-2H3. The minimum atomic E-state index is -0.207. The average Bonchev–Trinajstić information content (AvgIpc) is 2.74. The average molecular weight is 381 g/mol. The molecular formula is C27H40O. The lowest BCUT2D eigenvalue weighted by molar-refractivity contribution is 0.0411. The second-order valence-electron chi connectivity index (χ2n) is 8.10. The van der Waals surface area contributed by atoms with Crippen LogP contribution < -0.4 is 4.74 Å². The summed E-state index contributed by atoms with van der Waals surface area (Å²) in [6.07, 6.45) is 15.2. The van der Waals surface area contributed by atoms with Gasteiger partial charge >= 0.3 is 0 Å². The fourth-order valence-electron chi connectivity index (χ4n) is 4.06. The van der Waals surface area contributed by atoms with Gasteiger partial charge in [-0.1, -0.05) is 114 Å². The molecule has 1 heteroatoms. The summed E-state index contributed by atoms with van der Waals surface area (Å²) in [4.78, 5) is 0. The Labute approximate surface area is 173 Å². The molecule has 1 nitrogen and oxygen atoms in total. The number of hydrogen-bond donors (Lipinski definition) is 0. The lowest BCUT2D eigenvalue weighted by atomic mass is 9.83. The van der Waals surface area contributed by atoms with Crippen LogP contribution in [0, 0.1) is 0 Å². The fourth-order valence-corrected chi connectivity index (χ4v) is 4.06. The zero-order valence-electron chi connectivity index (χ0n) is 18.2. The molecular weight excluding hydrogens is 340 g/mol. The largest absolute Gasteiger partial charge is 0.483 e. The van der Waals surface area contributed by atoms with Gasteiger partial charge in [-0.3, -0.25) is 0 Å². The number of rotatable bonds is 15. The van der Waals surface area contributed by atoms with E-state index in [1.54, 1.807) is 0 Å². The van der Waals surface area contributed by atoms with Crippen LogP contribution in [-0.4, -0.2) is 0 Å². The van der Waals surface area contributed by atoms with Gasteiger partial charge in [0.15, 0.2) is 0 Å². The predicted octanol–water partition coefficient (Wildman–Crippen LogP) is 8.68. The van der Waals surface area contributed by atoms with Crippen molar-refractivity contribution in [3.05, 3.63) is 66.2 Å². The lowest BCUT2D eigenvalue weighted by Crippen LogP contribution is -2.33. The number of ether oxygens (including phenoxy) is 1. The Bertz CT molecular complexity index is 591. The highest BCUT2D eigenvalue weighted by Crippen LogP contribution is 2.38. The van der Waals surface area contributed by atoms with Crippen molar-refractivity contribution in [1.29, 1.82) is 0 Å². The van der Waals surface area contributed by atoms with Gasteiger partial charge in [0.05, 0.1) is 0 Å².